The Labute approximate surface area is 128 Å². The summed E-state index contributed by atoms with van der Waals surface area (Å²) in [5.41, 5.74) is 0. The summed E-state index contributed by atoms with van der Waals surface area (Å²) in [4.78, 5) is 8.16. The Balaban J connectivity index is 1.95. The molecule has 0 fully saturated rings. The molecular formula is C14H16FN3O3S. The second-order valence-corrected chi connectivity index (χ2v) is 6.48. The molecule has 1 aromatic carbocycles. The van der Waals surface area contributed by atoms with E-state index in [1.54, 1.807) is 0 Å². The number of ether oxygens (including phenoxy) is 1. The Morgan fingerprint density at radius 1 is 1.23 bits per heavy atom. The lowest BCUT2D eigenvalue weighted by molar-refractivity contribution is 0.326. The van der Waals surface area contributed by atoms with E-state index >= 15 is 0 Å². The SMILES string of the molecule is CCOc1cncc(NCCS(=O)(=O)c2ccc(F)cc2)n1. The average Bonchev–Trinajstić information content (AvgIpc) is 2.48. The van der Waals surface area contributed by atoms with Gasteiger partial charge in [-0.25, -0.2) is 12.8 Å². The summed E-state index contributed by atoms with van der Waals surface area (Å²) in [7, 11) is -3.48. The van der Waals surface area contributed by atoms with Gasteiger partial charge in [-0.2, -0.15) is 4.98 Å². The molecule has 8 heteroatoms. The molecule has 0 unspecified atom stereocenters. The number of nitrogens with one attached hydrogen (secondary N) is 1. The topological polar surface area (TPSA) is 81.2 Å². The number of hydrogen-bond acceptors (Lipinski definition) is 6. The highest BCUT2D eigenvalue weighted by atomic mass is 32.2. The molecule has 0 radical (unpaired) electrons. The molecule has 2 aromatic rings. The number of benzene rings is 1. The molecule has 0 saturated carbocycles. The summed E-state index contributed by atoms with van der Waals surface area (Å²) in [6.07, 6.45) is 2.96. The van der Waals surface area contributed by atoms with Crippen LogP contribution in [0.4, 0.5) is 10.2 Å². The number of rotatable bonds is 7. The summed E-state index contributed by atoms with van der Waals surface area (Å²) in [6.45, 7) is 2.46. The minimum Gasteiger partial charge on any atom is -0.477 e. The molecule has 6 nitrogen and oxygen atoms in total. The molecule has 0 aliphatic heterocycles. The van der Waals surface area contributed by atoms with Crippen molar-refractivity contribution >= 4 is 15.7 Å². The molecule has 0 saturated heterocycles. The van der Waals surface area contributed by atoms with Crippen LogP contribution in [0.15, 0.2) is 41.6 Å². The molecule has 118 valence electrons. The van der Waals surface area contributed by atoms with Crippen LogP contribution in [0.1, 0.15) is 6.92 Å². The molecule has 0 bridgehead atoms. The molecule has 1 aromatic heterocycles. The Morgan fingerprint density at radius 3 is 2.64 bits per heavy atom. The predicted molar refractivity (Wildman–Crippen MR) is 80.1 cm³/mol. The minimum absolute atomic E-state index is 0.0878. The lowest BCUT2D eigenvalue weighted by Crippen LogP contribution is -2.16. The molecule has 0 atom stereocenters. The van der Waals surface area contributed by atoms with Crippen LogP contribution in [0.3, 0.4) is 0 Å². The first-order valence-electron chi connectivity index (χ1n) is 6.68. The third-order valence-electron chi connectivity index (χ3n) is 2.75. The van der Waals surface area contributed by atoms with Crippen LogP contribution in [-0.4, -0.2) is 37.3 Å². The van der Waals surface area contributed by atoms with Crippen LogP contribution in [0.25, 0.3) is 0 Å². The summed E-state index contributed by atoms with van der Waals surface area (Å²) in [5.74, 6) is 0.188. The molecule has 2 rings (SSSR count). The minimum atomic E-state index is -3.48. The van der Waals surface area contributed by atoms with Crippen LogP contribution in [0.2, 0.25) is 0 Å². The van der Waals surface area contributed by atoms with E-state index in [1.807, 2.05) is 6.92 Å². The molecule has 22 heavy (non-hydrogen) atoms. The number of halogens is 1. The van der Waals surface area contributed by atoms with E-state index < -0.39 is 15.7 Å². The van der Waals surface area contributed by atoms with Gasteiger partial charge < -0.3 is 10.1 Å². The lowest BCUT2D eigenvalue weighted by atomic mass is 10.4. The Bertz CT molecular complexity index is 720. The van der Waals surface area contributed by atoms with Crippen molar-refractivity contribution in [1.82, 2.24) is 9.97 Å². The van der Waals surface area contributed by atoms with Crippen molar-refractivity contribution in [2.75, 3.05) is 24.2 Å². The van der Waals surface area contributed by atoms with Crippen molar-refractivity contribution in [1.29, 1.82) is 0 Å². The normalized spacial score (nSPS) is 11.2. The highest BCUT2D eigenvalue weighted by Gasteiger charge is 2.14. The van der Waals surface area contributed by atoms with Gasteiger partial charge in [0.1, 0.15) is 11.6 Å². The fourth-order valence-electron chi connectivity index (χ4n) is 1.72. The maximum absolute atomic E-state index is 12.8. The van der Waals surface area contributed by atoms with E-state index in [1.165, 1.54) is 24.5 Å². The molecule has 1 N–H and O–H groups in total. The zero-order chi connectivity index (χ0) is 16.0. The van der Waals surface area contributed by atoms with Crippen LogP contribution >= 0.6 is 0 Å². The fraction of sp³-hybridized carbons (Fsp3) is 0.286. The van der Waals surface area contributed by atoms with Gasteiger partial charge in [-0.15, -0.1) is 0 Å². The highest BCUT2D eigenvalue weighted by molar-refractivity contribution is 7.91. The number of hydrogen-bond donors (Lipinski definition) is 1. The monoisotopic (exact) mass is 325 g/mol. The second kappa shape index (κ2) is 7.17. The number of nitrogens with zero attached hydrogens (tertiary/aromatic N) is 2. The maximum atomic E-state index is 12.8. The van der Waals surface area contributed by atoms with Gasteiger partial charge in [-0.3, -0.25) is 4.98 Å². The molecule has 0 aliphatic carbocycles. The summed E-state index contributed by atoms with van der Waals surface area (Å²) >= 11 is 0. The van der Waals surface area contributed by atoms with Crippen LogP contribution in [-0.2, 0) is 9.84 Å². The van der Waals surface area contributed by atoms with Gasteiger partial charge in [-0.05, 0) is 31.2 Å². The Hall–Kier alpha value is -2.22. The van der Waals surface area contributed by atoms with Gasteiger partial charge in [0.15, 0.2) is 9.84 Å². The van der Waals surface area contributed by atoms with Crippen molar-refractivity contribution in [2.45, 2.75) is 11.8 Å². The third kappa shape index (κ3) is 4.39. The summed E-state index contributed by atoms with van der Waals surface area (Å²) in [5, 5.41) is 2.87. The van der Waals surface area contributed by atoms with E-state index in [0.717, 1.165) is 12.1 Å². The van der Waals surface area contributed by atoms with Gasteiger partial charge in [0.2, 0.25) is 5.88 Å². The molecular weight excluding hydrogens is 309 g/mol. The quantitative estimate of drug-likeness (QED) is 0.783. The van der Waals surface area contributed by atoms with Crippen LogP contribution < -0.4 is 10.1 Å². The van der Waals surface area contributed by atoms with E-state index in [2.05, 4.69) is 15.3 Å². The first-order chi connectivity index (χ1) is 10.5. The lowest BCUT2D eigenvalue weighted by Gasteiger charge is -2.08. The van der Waals surface area contributed by atoms with Gasteiger partial charge in [0, 0.05) is 6.54 Å². The Morgan fingerprint density at radius 2 is 1.95 bits per heavy atom. The van der Waals surface area contributed by atoms with Crippen molar-refractivity contribution in [3.63, 3.8) is 0 Å². The van der Waals surface area contributed by atoms with Gasteiger partial charge in [0.05, 0.1) is 29.6 Å². The molecule has 0 amide bonds. The smallest absolute Gasteiger partial charge is 0.234 e. The third-order valence-corrected chi connectivity index (χ3v) is 4.49. The molecule has 0 aliphatic rings. The zero-order valence-corrected chi connectivity index (χ0v) is 12.8. The van der Waals surface area contributed by atoms with Crippen LogP contribution in [0, 0.1) is 5.82 Å². The van der Waals surface area contributed by atoms with Gasteiger partial charge in [-0.1, -0.05) is 0 Å². The summed E-state index contributed by atoms with van der Waals surface area (Å²) in [6, 6.07) is 4.75. The maximum Gasteiger partial charge on any atom is 0.234 e. The van der Waals surface area contributed by atoms with Crippen LogP contribution in [0.5, 0.6) is 5.88 Å². The standard InChI is InChI=1S/C14H16FN3O3S/c1-2-21-14-10-16-9-13(18-14)17-7-8-22(19,20)12-5-3-11(15)4-6-12/h3-6,9-10H,2,7-8H2,1H3,(H,17,18). The van der Waals surface area contributed by atoms with Gasteiger partial charge in [0.25, 0.3) is 0 Å². The molecule has 0 spiro atoms. The van der Waals surface area contributed by atoms with Crippen molar-refractivity contribution in [3.8, 4) is 5.88 Å². The Kier molecular flexibility index (Phi) is 5.26. The van der Waals surface area contributed by atoms with E-state index in [0.29, 0.717) is 18.3 Å². The number of anilines is 1. The van der Waals surface area contributed by atoms with Gasteiger partial charge >= 0.3 is 0 Å². The van der Waals surface area contributed by atoms with Crippen molar-refractivity contribution in [2.24, 2.45) is 0 Å². The van der Waals surface area contributed by atoms with Crippen molar-refractivity contribution in [3.05, 3.63) is 42.5 Å². The zero-order valence-electron chi connectivity index (χ0n) is 12.0. The fourth-order valence-corrected chi connectivity index (χ4v) is 2.88. The average molecular weight is 325 g/mol. The number of aromatic nitrogens is 2. The van der Waals surface area contributed by atoms with E-state index in [9.17, 15) is 12.8 Å². The summed E-state index contributed by atoms with van der Waals surface area (Å²) < 4.78 is 42.2. The van der Waals surface area contributed by atoms with Crippen molar-refractivity contribution < 1.29 is 17.5 Å². The molecule has 1 heterocycles. The van der Waals surface area contributed by atoms with E-state index in [-0.39, 0.29) is 17.2 Å². The largest absolute Gasteiger partial charge is 0.477 e. The second-order valence-electron chi connectivity index (χ2n) is 4.38. The first-order valence-corrected chi connectivity index (χ1v) is 8.33. The number of sulfone groups is 1. The first kappa shape index (κ1) is 16.2. The predicted octanol–water partition coefficient (Wildman–Crippen LogP) is 1.90. The van der Waals surface area contributed by atoms with E-state index in [4.69, 9.17) is 4.74 Å². The highest BCUT2D eigenvalue weighted by Crippen LogP contribution is 2.13.